The monoisotopic (exact) mass is 478 g/mol. The highest BCUT2D eigenvalue weighted by Crippen LogP contribution is 2.05. The van der Waals surface area contributed by atoms with Gasteiger partial charge >= 0.3 is 0 Å². The molecule has 0 atom stereocenters. The van der Waals surface area contributed by atoms with Crippen molar-refractivity contribution in [3.8, 4) is 0 Å². The van der Waals surface area contributed by atoms with Gasteiger partial charge in [0, 0.05) is 25.7 Å². The Labute approximate surface area is 177 Å². The van der Waals surface area contributed by atoms with Crippen LogP contribution in [0, 0.1) is 6.92 Å². The number of aryl methyl sites for hydroxylation is 2. The van der Waals surface area contributed by atoms with Crippen LogP contribution in [-0.2, 0) is 13.0 Å². The van der Waals surface area contributed by atoms with Crippen LogP contribution >= 0.6 is 24.0 Å². The van der Waals surface area contributed by atoms with Crippen LogP contribution in [0.25, 0.3) is 5.65 Å². The number of nitrogens with one attached hydrogen (secondary N) is 2. The summed E-state index contributed by atoms with van der Waals surface area (Å²) in [6.07, 6.45) is 3.84. The molecule has 0 saturated heterocycles. The van der Waals surface area contributed by atoms with Gasteiger partial charge in [0.05, 0.1) is 6.54 Å². The third kappa shape index (κ3) is 6.20. The van der Waals surface area contributed by atoms with E-state index in [-0.39, 0.29) is 24.0 Å². The van der Waals surface area contributed by atoms with E-state index in [0.717, 1.165) is 43.4 Å². The van der Waals surface area contributed by atoms with E-state index < -0.39 is 0 Å². The maximum absolute atomic E-state index is 4.66. The van der Waals surface area contributed by atoms with Crippen LogP contribution in [0.4, 0.5) is 0 Å². The summed E-state index contributed by atoms with van der Waals surface area (Å²) < 4.78 is 2.04. The van der Waals surface area contributed by atoms with Gasteiger partial charge in [-0.1, -0.05) is 35.9 Å². The number of benzene rings is 1. The smallest absolute Gasteiger partial charge is 0.191 e. The summed E-state index contributed by atoms with van der Waals surface area (Å²) in [5.74, 6) is 1.84. The molecule has 6 nitrogen and oxygen atoms in total. The van der Waals surface area contributed by atoms with Gasteiger partial charge in [-0.2, -0.15) is 0 Å². The van der Waals surface area contributed by atoms with Crippen LogP contribution in [0.2, 0.25) is 0 Å². The highest BCUT2D eigenvalue weighted by atomic mass is 127. The molecule has 144 valence electrons. The summed E-state index contributed by atoms with van der Waals surface area (Å²) in [5.41, 5.74) is 3.37. The first kappa shape index (κ1) is 21.1. The van der Waals surface area contributed by atoms with E-state index in [9.17, 15) is 0 Å². The minimum Gasteiger partial charge on any atom is -0.357 e. The highest BCUT2D eigenvalue weighted by Gasteiger charge is 2.04. The van der Waals surface area contributed by atoms with Crippen molar-refractivity contribution in [3.63, 3.8) is 0 Å². The molecule has 0 radical (unpaired) electrons. The predicted molar refractivity (Wildman–Crippen MR) is 121 cm³/mol. The van der Waals surface area contributed by atoms with E-state index in [4.69, 9.17) is 0 Å². The molecular weight excluding hydrogens is 451 g/mol. The Bertz CT molecular complexity index is 856. The zero-order chi connectivity index (χ0) is 18.2. The van der Waals surface area contributed by atoms with Gasteiger partial charge in [0.25, 0.3) is 0 Å². The van der Waals surface area contributed by atoms with Crippen LogP contribution in [0.5, 0.6) is 0 Å². The van der Waals surface area contributed by atoms with Crippen molar-refractivity contribution < 1.29 is 0 Å². The second-order valence-corrected chi connectivity index (χ2v) is 6.26. The van der Waals surface area contributed by atoms with Gasteiger partial charge < -0.3 is 10.6 Å². The lowest BCUT2D eigenvalue weighted by Gasteiger charge is -2.11. The molecule has 0 unspecified atom stereocenters. The summed E-state index contributed by atoms with van der Waals surface area (Å²) >= 11 is 0. The minimum atomic E-state index is 0. The average Bonchev–Trinajstić information content (AvgIpc) is 3.07. The van der Waals surface area contributed by atoms with Gasteiger partial charge in [0.1, 0.15) is 5.82 Å². The lowest BCUT2D eigenvalue weighted by molar-refractivity contribution is 0.715. The van der Waals surface area contributed by atoms with Crippen LogP contribution in [0.3, 0.4) is 0 Å². The number of hydrogen-bond acceptors (Lipinski definition) is 3. The molecule has 0 aliphatic carbocycles. The number of fused-ring (bicyclic) bond motifs is 1. The molecule has 2 N–H and O–H groups in total. The van der Waals surface area contributed by atoms with E-state index in [0.29, 0.717) is 6.54 Å². The summed E-state index contributed by atoms with van der Waals surface area (Å²) in [6, 6.07) is 14.4. The van der Waals surface area contributed by atoms with Crippen molar-refractivity contribution in [3.05, 3.63) is 65.6 Å². The summed E-state index contributed by atoms with van der Waals surface area (Å²) in [6.45, 7) is 6.52. The van der Waals surface area contributed by atoms with Crippen molar-refractivity contribution in [2.75, 3.05) is 13.1 Å². The minimum absolute atomic E-state index is 0. The summed E-state index contributed by atoms with van der Waals surface area (Å²) in [4.78, 5) is 4.66. The topological polar surface area (TPSA) is 66.6 Å². The third-order valence-corrected chi connectivity index (χ3v) is 4.14. The summed E-state index contributed by atoms with van der Waals surface area (Å²) in [7, 11) is 0. The lowest BCUT2D eigenvalue weighted by atomic mass is 10.1. The van der Waals surface area contributed by atoms with Crippen molar-refractivity contribution in [1.82, 2.24) is 25.2 Å². The van der Waals surface area contributed by atoms with Gasteiger partial charge in [-0.3, -0.25) is 4.40 Å². The Morgan fingerprint density at radius 2 is 1.89 bits per heavy atom. The van der Waals surface area contributed by atoms with Gasteiger partial charge in [-0.25, -0.2) is 4.99 Å². The molecule has 0 saturated carbocycles. The Kier molecular flexibility index (Phi) is 8.50. The first-order chi connectivity index (χ1) is 12.8. The largest absolute Gasteiger partial charge is 0.357 e. The molecule has 1 aromatic carbocycles. The molecule has 2 heterocycles. The van der Waals surface area contributed by atoms with E-state index in [1.54, 1.807) is 0 Å². The molecule has 27 heavy (non-hydrogen) atoms. The van der Waals surface area contributed by atoms with E-state index in [1.807, 2.05) is 28.8 Å². The second-order valence-electron chi connectivity index (χ2n) is 6.26. The van der Waals surface area contributed by atoms with Crippen LogP contribution in [-0.4, -0.2) is 33.6 Å². The first-order valence-corrected chi connectivity index (χ1v) is 9.12. The zero-order valence-corrected chi connectivity index (χ0v) is 18.2. The summed E-state index contributed by atoms with van der Waals surface area (Å²) in [5, 5.41) is 15.1. The molecule has 0 fully saturated rings. The van der Waals surface area contributed by atoms with Crippen molar-refractivity contribution in [2.45, 2.75) is 33.2 Å². The quantitative estimate of drug-likeness (QED) is 0.237. The molecule has 0 aliphatic heterocycles. The number of guanidine groups is 1. The number of aromatic nitrogens is 3. The van der Waals surface area contributed by atoms with Crippen molar-refractivity contribution in [1.29, 1.82) is 0 Å². The van der Waals surface area contributed by atoms with Crippen LogP contribution < -0.4 is 10.6 Å². The maximum atomic E-state index is 4.66. The molecule has 0 bridgehead atoms. The Morgan fingerprint density at radius 1 is 1.07 bits per heavy atom. The second kappa shape index (κ2) is 10.9. The SMILES string of the molecule is CCNC(=NCc1ccc(C)cc1)NCCCc1nnc2ccccn12.I. The maximum Gasteiger partial charge on any atom is 0.191 e. The fourth-order valence-electron chi connectivity index (χ4n) is 2.72. The Hall–Kier alpha value is -2.16. The number of halogens is 1. The molecule has 0 amide bonds. The molecular formula is C20H27IN6. The molecule has 3 rings (SSSR count). The van der Waals surface area contributed by atoms with Crippen LogP contribution in [0.1, 0.15) is 30.3 Å². The van der Waals surface area contributed by atoms with E-state index in [1.165, 1.54) is 11.1 Å². The molecule has 2 aromatic heterocycles. The Balaban J connectivity index is 0.00000261. The van der Waals surface area contributed by atoms with Crippen LogP contribution in [0.15, 0.2) is 53.7 Å². The third-order valence-electron chi connectivity index (χ3n) is 4.14. The normalized spacial score (nSPS) is 11.3. The standard InChI is InChI=1S/C20H26N6.HI/c1-3-21-20(23-15-17-11-9-16(2)10-12-17)22-13-6-8-19-25-24-18-7-4-5-14-26(18)19;/h4-5,7,9-12,14H,3,6,8,13,15H2,1-2H3,(H2,21,22,23);1H. The molecule has 3 aromatic rings. The number of hydrogen-bond donors (Lipinski definition) is 2. The number of nitrogens with zero attached hydrogens (tertiary/aromatic N) is 4. The fourth-order valence-corrected chi connectivity index (χ4v) is 2.72. The van der Waals surface area contributed by atoms with Gasteiger partial charge in [-0.05, 0) is 38.0 Å². The molecule has 0 spiro atoms. The number of rotatable bonds is 7. The van der Waals surface area contributed by atoms with Crippen molar-refractivity contribution in [2.24, 2.45) is 4.99 Å². The first-order valence-electron chi connectivity index (χ1n) is 9.12. The number of pyridine rings is 1. The van der Waals surface area contributed by atoms with Crippen molar-refractivity contribution >= 4 is 35.6 Å². The van der Waals surface area contributed by atoms with Gasteiger partial charge in [0.2, 0.25) is 0 Å². The van der Waals surface area contributed by atoms with Gasteiger partial charge in [0.15, 0.2) is 11.6 Å². The lowest BCUT2D eigenvalue weighted by Crippen LogP contribution is -2.37. The van der Waals surface area contributed by atoms with E-state index >= 15 is 0 Å². The average molecular weight is 478 g/mol. The van der Waals surface area contributed by atoms with E-state index in [2.05, 4.69) is 63.9 Å². The number of aliphatic imine (C=N–C) groups is 1. The zero-order valence-electron chi connectivity index (χ0n) is 15.9. The fraction of sp³-hybridized carbons (Fsp3) is 0.350. The molecule has 7 heteroatoms. The van der Waals surface area contributed by atoms with Gasteiger partial charge in [-0.15, -0.1) is 34.2 Å². The molecule has 0 aliphatic rings. The Morgan fingerprint density at radius 3 is 2.67 bits per heavy atom. The predicted octanol–water partition coefficient (Wildman–Crippen LogP) is 3.34. The highest BCUT2D eigenvalue weighted by molar-refractivity contribution is 14.0.